The summed E-state index contributed by atoms with van der Waals surface area (Å²) < 4.78 is 33.2. The van der Waals surface area contributed by atoms with Crippen LogP contribution in [0, 0.1) is 6.92 Å². The molecule has 0 spiro atoms. The summed E-state index contributed by atoms with van der Waals surface area (Å²) in [7, 11) is -3.67. The van der Waals surface area contributed by atoms with Crippen molar-refractivity contribution in [3.63, 3.8) is 0 Å². The molecule has 1 aromatic heterocycles. The van der Waals surface area contributed by atoms with Crippen molar-refractivity contribution >= 4 is 27.3 Å². The fraction of sp³-hybridized carbons (Fsp3) is 0.182. The summed E-state index contributed by atoms with van der Waals surface area (Å²) in [6.07, 6.45) is 2.09. The van der Waals surface area contributed by atoms with Crippen LogP contribution in [0.2, 0.25) is 0 Å². The largest absolute Gasteiger partial charge is 0.467 e. The molecule has 0 radical (unpaired) electrons. The Morgan fingerprint density at radius 1 is 1.10 bits per heavy atom. The van der Waals surface area contributed by atoms with Gasteiger partial charge < -0.3 is 4.42 Å². The number of hydrogen-bond donors (Lipinski definition) is 1. The van der Waals surface area contributed by atoms with Crippen molar-refractivity contribution in [1.29, 1.82) is 0 Å². The molecule has 0 bridgehead atoms. The maximum absolute atomic E-state index is 12.6. The molecule has 3 aromatic rings. The molecule has 4 rings (SSSR count). The van der Waals surface area contributed by atoms with Crippen molar-refractivity contribution in [3.05, 3.63) is 83.8 Å². The minimum Gasteiger partial charge on any atom is -0.467 e. The molecule has 2 aromatic carbocycles. The monoisotopic (exact) mass is 423 g/mol. The number of nitrogens with one attached hydrogen (secondary N) is 1. The molecule has 0 unspecified atom stereocenters. The van der Waals surface area contributed by atoms with Gasteiger partial charge in [0.25, 0.3) is 10.0 Å². The van der Waals surface area contributed by atoms with Crippen LogP contribution < -0.4 is 4.72 Å². The molecule has 0 saturated heterocycles. The van der Waals surface area contributed by atoms with Gasteiger partial charge in [0, 0.05) is 19.0 Å². The molecule has 1 N–H and O–H groups in total. The first-order chi connectivity index (χ1) is 14.3. The zero-order chi connectivity index (χ0) is 21.3. The summed E-state index contributed by atoms with van der Waals surface area (Å²) in [5.74, 6) is 0.500. The van der Waals surface area contributed by atoms with Crippen LogP contribution in [-0.2, 0) is 14.8 Å². The lowest BCUT2D eigenvalue weighted by atomic mass is 10.0. The van der Waals surface area contributed by atoms with E-state index in [4.69, 9.17) is 4.42 Å². The van der Waals surface area contributed by atoms with Gasteiger partial charge in [0.2, 0.25) is 5.91 Å². The second kappa shape index (κ2) is 7.79. The zero-order valence-electron chi connectivity index (χ0n) is 16.6. The number of nitrogens with zero attached hydrogens (tertiary/aromatic N) is 2. The Balaban J connectivity index is 1.53. The Morgan fingerprint density at radius 2 is 1.80 bits per heavy atom. The number of hydrazone groups is 1. The quantitative estimate of drug-likeness (QED) is 0.669. The van der Waals surface area contributed by atoms with E-state index in [1.165, 1.54) is 11.9 Å². The predicted octanol–water partition coefficient (Wildman–Crippen LogP) is 4.09. The highest BCUT2D eigenvalue weighted by atomic mass is 32.2. The average Bonchev–Trinajstić information content (AvgIpc) is 3.38. The van der Waals surface area contributed by atoms with Crippen LogP contribution in [-0.4, -0.2) is 25.0 Å². The zero-order valence-corrected chi connectivity index (χ0v) is 17.4. The lowest BCUT2D eigenvalue weighted by Gasteiger charge is -2.17. The van der Waals surface area contributed by atoms with Crippen molar-refractivity contribution in [2.45, 2.75) is 31.2 Å². The molecule has 30 heavy (non-hydrogen) atoms. The topological polar surface area (TPSA) is 92.0 Å². The maximum atomic E-state index is 12.6. The fourth-order valence-corrected chi connectivity index (χ4v) is 4.40. The van der Waals surface area contributed by atoms with Gasteiger partial charge >= 0.3 is 0 Å². The van der Waals surface area contributed by atoms with E-state index in [1.807, 2.05) is 13.0 Å². The third-order valence-electron chi connectivity index (χ3n) is 4.91. The van der Waals surface area contributed by atoms with E-state index in [1.54, 1.807) is 60.9 Å². The Bertz CT molecular complexity index is 1180. The molecular weight excluding hydrogens is 402 g/mol. The molecule has 0 saturated carbocycles. The highest BCUT2D eigenvalue weighted by Gasteiger charge is 2.33. The van der Waals surface area contributed by atoms with E-state index in [0.717, 1.165) is 16.8 Å². The fourth-order valence-electron chi connectivity index (χ4n) is 3.34. The first kappa shape index (κ1) is 19.9. The number of anilines is 1. The number of sulfonamides is 1. The number of furan rings is 1. The van der Waals surface area contributed by atoms with Crippen LogP contribution in [0.5, 0.6) is 0 Å². The SMILES string of the molecule is CC(=O)N1N=C(c2ccc(NS(=O)(=O)c3ccc(C)cc3)cc2)C[C@@H]1c1ccco1. The maximum Gasteiger partial charge on any atom is 0.261 e. The number of benzene rings is 2. The van der Waals surface area contributed by atoms with Gasteiger partial charge in [-0.05, 0) is 48.9 Å². The van der Waals surface area contributed by atoms with Crippen LogP contribution in [0.4, 0.5) is 5.69 Å². The molecule has 8 heteroatoms. The molecular formula is C22H21N3O4S. The van der Waals surface area contributed by atoms with E-state index < -0.39 is 10.0 Å². The van der Waals surface area contributed by atoms with Crippen LogP contribution in [0.25, 0.3) is 0 Å². The molecule has 2 heterocycles. The van der Waals surface area contributed by atoms with Crippen LogP contribution in [0.15, 0.2) is 81.3 Å². The van der Waals surface area contributed by atoms with Gasteiger partial charge in [0.1, 0.15) is 11.8 Å². The minimum atomic E-state index is -3.67. The molecule has 0 fully saturated rings. The van der Waals surface area contributed by atoms with E-state index in [2.05, 4.69) is 9.82 Å². The molecule has 1 aliphatic rings. The second-order valence-electron chi connectivity index (χ2n) is 7.14. The molecule has 1 aliphatic heterocycles. The van der Waals surface area contributed by atoms with Gasteiger partial charge in [-0.15, -0.1) is 0 Å². The summed E-state index contributed by atoms with van der Waals surface area (Å²) in [4.78, 5) is 12.2. The van der Waals surface area contributed by atoms with E-state index in [-0.39, 0.29) is 16.8 Å². The third-order valence-corrected chi connectivity index (χ3v) is 6.30. The van der Waals surface area contributed by atoms with Crippen molar-refractivity contribution in [3.8, 4) is 0 Å². The number of hydrogen-bond acceptors (Lipinski definition) is 5. The minimum absolute atomic E-state index is 0.172. The average molecular weight is 423 g/mol. The van der Waals surface area contributed by atoms with E-state index >= 15 is 0 Å². The Kier molecular flexibility index (Phi) is 5.17. The number of carbonyl (C=O) groups excluding carboxylic acids is 1. The standard InChI is InChI=1S/C22H21N3O4S/c1-15-5-11-19(12-6-15)30(27,28)24-18-9-7-17(8-10-18)20-14-21(22-4-3-13-29-22)25(23-20)16(2)26/h3-13,21,24H,14H2,1-2H3/t21-/m1/s1. The van der Waals surface area contributed by atoms with Crippen molar-refractivity contribution in [2.24, 2.45) is 5.10 Å². The second-order valence-corrected chi connectivity index (χ2v) is 8.82. The molecule has 154 valence electrons. The molecule has 1 amide bonds. The predicted molar refractivity (Wildman–Crippen MR) is 114 cm³/mol. The summed E-state index contributed by atoms with van der Waals surface area (Å²) in [6.45, 7) is 3.36. The van der Waals surface area contributed by atoms with Gasteiger partial charge in [0.05, 0.1) is 16.9 Å². The summed E-state index contributed by atoms with van der Waals surface area (Å²) in [5, 5.41) is 5.88. The molecule has 7 nitrogen and oxygen atoms in total. The summed E-state index contributed by atoms with van der Waals surface area (Å²) in [5.41, 5.74) is 2.99. The van der Waals surface area contributed by atoms with Crippen LogP contribution >= 0.6 is 0 Å². The van der Waals surface area contributed by atoms with Crippen molar-refractivity contribution < 1.29 is 17.6 Å². The first-order valence-electron chi connectivity index (χ1n) is 9.44. The third kappa shape index (κ3) is 3.99. The normalized spacial score (nSPS) is 16.4. The van der Waals surface area contributed by atoms with Gasteiger partial charge in [-0.2, -0.15) is 5.10 Å². The lowest BCUT2D eigenvalue weighted by molar-refractivity contribution is -0.130. The van der Waals surface area contributed by atoms with Crippen LogP contribution in [0.1, 0.15) is 36.3 Å². The van der Waals surface area contributed by atoms with Crippen LogP contribution in [0.3, 0.4) is 0 Å². The van der Waals surface area contributed by atoms with Gasteiger partial charge in [-0.25, -0.2) is 13.4 Å². The van der Waals surface area contributed by atoms with Crippen molar-refractivity contribution in [2.75, 3.05) is 4.72 Å². The Labute approximate surface area is 175 Å². The first-order valence-corrected chi connectivity index (χ1v) is 10.9. The number of carbonyl (C=O) groups is 1. The lowest BCUT2D eigenvalue weighted by Crippen LogP contribution is -2.23. The van der Waals surface area contributed by atoms with Crippen molar-refractivity contribution in [1.82, 2.24) is 5.01 Å². The highest BCUT2D eigenvalue weighted by molar-refractivity contribution is 7.92. The van der Waals surface area contributed by atoms with E-state index in [0.29, 0.717) is 17.9 Å². The smallest absolute Gasteiger partial charge is 0.261 e. The summed E-state index contributed by atoms with van der Waals surface area (Å²) in [6, 6.07) is 16.9. The Hall–Kier alpha value is -3.39. The number of rotatable bonds is 5. The molecule has 0 aliphatic carbocycles. The van der Waals surface area contributed by atoms with Gasteiger partial charge in [0.15, 0.2) is 0 Å². The Morgan fingerprint density at radius 3 is 2.40 bits per heavy atom. The number of aryl methyl sites for hydroxylation is 1. The highest BCUT2D eigenvalue weighted by Crippen LogP contribution is 2.33. The number of amides is 1. The van der Waals surface area contributed by atoms with E-state index in [9.17, 15) is 13.2 Å². The molecule has 1 atom stereocenters. The van der Waals surface area contributed by atoms with Gasteiger partial charge in [-0.1, -0.05) is 29.8 Å². The van der Waals surface area contributed by atoms with Gasteiger partial charge in [-0.3, -0.25) is 9.52 Å². The summed E-state index contributed by atoms with van der Waals surface area (Å²) >= 11 is 0.